The van der Waals surface area contributed by atoms with Gasteiger partial charge in [-0.2, -0.15) is 10.2 Å². The van der Waals surface area contributed by atoms with Gasteiger partial charge in [0.15, 0.2) is 5.82 Å². The van der Waals surface area contributed by atoms with E-state index >= 15 is 0 Å². The number of benzene rings is 3. The summed E-state index contributed by atoms with van der Waals surface area (Å²) < 4.78 is 65.2. The van der Waals surface area contributed by atoms with Gasteiger partial charge in [0, 0.05) is 31.8 Å². The summed E-state index contributed by atoms with van der Waals surface area (Å²) in [6.07, 6.45) is 2.43. The van der Waals surface area contributed by atoms with Crippen molar-refractivity contribution in [3.63, 3.8) is 0 Å². The van der Waals surface area contributed by atoms with Crippen LogP contribution in [0.4, 0.5) is 14.6 Å². The lowest BCUT2D eigenvalue weighted by Crippen LogP contribution is -2.37. The van der Waals surface area contributed by atoms with E-state index in [1.807, 2.05) is 13.8 Å². The predicted molar refractivity (Wildman–Crippen MR) is 189 cm³/mol. The molecule has 0 aliphatic rings. The standard InChI is InChI=1S/C34H33ClF2N8O5S/c1-18(2)25-10-11-44(40-25)17-29(46)38-27(14-19-12-20(36)15-21(37)13-19)33-39-26-16-22(50-4)6-7-23(26)34(47)45(33)28-9-8-24(35)30-31(28)43(3)41-32(30)42-51(5,48)49/h6-13,15-16,18,27H,14,17H2,1-5H3,(H,38,46)(H,41,42). The number of nitrogens with zero attached hydrogens (tertiary/aromatic N) is 6. The Balaban J connectivity index is 1.60. The van der Waals surface area contributed by atoms with Crippen LogP contribution in [-0.2, 0) is 34.8 Å². The van der Waals surface area contributed by atoms with E-state index in [1.54, 1.807) is 31.4 Å². The van der Waals surface area contributed by atoms with Crippen molar-refractivity contribution in [2.24, 2.45) is 7.05 Å². The van der Waals surface area contributed by atoms with Gasteiger partial charge in [-0.25, -0.2) is 22.2 Å². The predicted octanol–water partition coefficient (Wildman–Crippen LogP) is 5.00. The molecule has 6 rings (SSSR count). The molecule has 1 unspecified atom stereocenters. The fourth-order valence-corrected chi connectivity index (χ4v) is 6.63. The number of ether oxygens (including phenoxy) is 1. The van der Waals surface area contributed by atoms with Gasteiger partial charge in [-0.3, -0.25) is 28.2 Å². The molecule has 13 nitrogen and oxygen atoms in total. The summed E-state index contributed by atoms with van der Waals surface area (Å²) in [5.74, 6) is -1.75. The second-order valence-electron chi connectivity index (χ2n) is 12.3. The molecular weight excluding hydrogens is 706 g/mol. The van der Waals surface area contributed by atoms with Crippen LogP contribution in [-0.4, -0.2) is 56.8 Å². The Kier molecular flexibility index (Phi) is 9.57. The fraction of sp³-hybridized carbons (Fsp3) is 0.265. The molecule has 2 N–H and O–H groups in total. The van der Waals surface area contributed by atoms with E-state index in [0.29, 0.717) is 5.75 Å². The van der Waals surface area contributed by atoms with Crippen molar-refractivity contribution in [1.29, 1.82) is 0 Å². The molecule has 0 saturated heterocycles. The third-order valence-electron chi connectivity index (χ3n) is 8.11. The molecule has 3 aromatic heterocycles. The van der Waals surface area contributed by atoms with E-state index in [4.69, 9.17) is 21.3 Å². The number of carbonyl (C=O) groups is 1. The first-order valence-corrected chi connectivity index (χ1v) is 17.9. The van der Waals surface area contributed by atoms with Crippen molar-refractivity contribution < 1.29 is 26.7 Å². The van der Waals surface area contributed by atoms with Crippen LogP contribution >= 0.6 is 11.6 Å². The van der Waals surface area contributed by atoms with Crippen molar-refractivity contribution in [1.82, 2.24) is 34.4 Å². The van der Waals surface area contributed by atoms with Crippen molar-refractivity contribution in [3.8, 4) is 11.4 Å². The maximum absolute atomic E-state index is 14.6. The molecule has 0 fully saturated rings. The number of rotatable bonds is 11. The van der Waals surface area contributed by atoms with E-state index < -0.39 is 39.2 Å². The third-order valence-corrected chi connectivity index (χ3v) is 8.99. The summed E-state index contributed by atoms with van der Waals surface area (Å²) in [6, 6.07) is 11.3. The molecule has 266 valence electrons. The largest absolute Gasteiger partial charge is 0.497 e. The SMILES string of the molecule is COc1ccc2c(=O)n(-c3ccc(Cl)c4c(NS(C)(=O)=O)nn(C)c34)c(C(Cc3cc(F)cc(F)c3)NC(=O)Cn3ccc(C(C)C)n3)nc2c1. The number of fused-ring (bicyclic) bond motifs is 2. The van der Waals surface area contributed by atoms with Crippen LogP contribution in [0.1, 0.15) is 42.9 Å². The Hall–Kier alpha value is -5.35. The average molecular weight is 739 g/mol. The van der Waals surface area contributed by atoms with Crippen molar-refractivity contribution in [2.45, 2.75) is 38.8 Å². The first-order valence-electron chi connectivity index (χ1n) is 15.6. The number of carbonyl (C=O) groups excluding carboxylic acids is 1. The second-order valence-corrected chi connectivity index (χ2v) is 14.5. The molecule has 0 saturated carbocycles. The van der Waals surface area contributed by atoms with Gasteiger partial charge in [0.1, 0.15) is 29.8 Å². The van der Waals surface area contributed by atoms with Crippen LogP contribution in [0.25, 0.3) is 27.5 Å². The molecule has 1 amide bonds. The van der Waals surface area contributed by atoms with Gasteiger partial charge in [0.05, 0.1) is 57.6 Å². The maximum Gasteiger partial charge on any atom is 0.266 e. The lowest BCUT2D eigenvalue weighted by atomic mass is 10.0. The zero-order valence-corrected chi connectivity index (χ0v) is 29.7. The number of sulfonamides is 1. The van der Waals surface area contributed by atoms with Crippen LogP contribution in [0.3, 0.4) is 0 Å². The summed E-state index contributed by atoms with van der Waals surface area (Å²) in [5, 5.41) is 12.2. The topological polar surface area (TPSA) is 155 Å². The van der Waals surface area contributed by atoms with Gasteiger partial charge in [-0.05, 0) is 53.9 Å². The van der Waals surface area contributed by atoms with Gasteiger partial charge in [-0.15, -0.1) is 0 Å². The zero-order chi connectivity index (χ0) is 36.8. The van der Waals surface area contributed by atoms with Crippen molar-refractivity contribution in [3.05, 3.63) is 105 Å². The number of anilines is 1. The number of aryl methyl sites for hydroxylation is 1. The zero-order valence-electron chi connectivity index (χ0n) is 28.1. The van der Waals surface area contributed by atoms with Crippen LogP contribution < -0.4 is 20.3 Å². The van der Waals surface area contributed by atoms with Crippen LogP contribution in [0, 0.1) is 11.6 Å². The maximum atomic E-state index is 14.6. The highest BCUT2D eigenvalue weighted by molar-refractivity contribution is 7.92. The lowest BCUT2D eigenvalue weighted by molar-refractivity contribution is -0.122. The number of hydrogen-bond donors (Lipinski definition) is 2. The smallest absolute Gasteiger partial charge is 0.266 e. The summed E-state index contributed by atoms with van der Waals surface area (Å²) in [4.78, 5) is 33.1. The Morgan fingerprint density at radius 2 is 1.76 bits per heavy atom. The Morgan fingerprint density at radius 1 is 1.04 bits per heavy atom. The summed E-state index contributed by atoms with van der Waals surface area (Å²) >= 11 is 6.60. The highest BCUT2D eigenvalue weighted by Gasteiger charge is 2.28. The number of hydrogen-bond acceptors (Lipinski definition) is 8. The first kappa shape index (κ1) is 35.5. The highest BCUT2D eigenvalue weighted by atomic mass is 35.5. The molecular formula is C34H33ClF2N8O5S. The Labute approximate surface area is 295 Å². The molecule has 0 bridgehead atoms. The molecule has 3 heterocycles. The summed E-state index contributed by atoms with van der Waals surface area (Å²) in [7, 11) is -0.789. The van der Waals surface area contributed by atoms with Crippen molar-refractivity contribution >= 4 is 55.2 Å². The monoisotopic (exact) mass is 738 g/mol. The van der Waals surface area contributed by atoms with Crippen LogP contribution in [0.15, 0.2) is 65.6 Å². The Bertz CT molecular complexity index is 2480. The minimum Gasteiger partial charge on any atom is -0.497 e. The molecule has 0 aliphatic carbocycles. The van der Waals surface area contributed by atoms with E-state index in [9.17, 15) is 26.8 Å². The summed E-state index contributed by atoms with van der Waals surface area (Å²) in [6.45, 7) is 3.73. The van der Waals surface area contributed by atoms with Crippen LogP contribution in [0.5, 0.6) is 5.75 Å². The first-order chi connectivity index (χ1) is 24.1. The molecule has 17 heteroatoms. The minimum atomic E-state index is -3.79. The molecule has 3 aromatic carbocycles. The Morgan fingerprint density at radius 3 is 2.41 bits per heavy atom. The second kappa shape index (κ2) is 13.8. The van der Waals surface area contributed by atoms with E-state index in [1.165, 1.54) is 39.2 Å². The number of nitrogens with one attached hydrogen (secondary N) is 2. The minimum absolute atomic E-state index is 0.00967. The summed E-state index contributed by atoms with van der Waals surface area (Å²) in [5.41, 5.74) is 1.05. The average Bonchev–Trinajstić information content (AvgIpc) is 3.64. The van der Waals surface area contributed by atoms with Gasteiger partial charge in [0.2, 0.25) is 15.9 Å². The van der Waals surface area contributed by atoms with E-state index in [2.05, 4.69) is 20.2 Å². The van der Waals surface area contributed by atoms with Gasteiger partial charge in [-0.1, -0.05) is 25.4 Å². The highest BCUT2D eigenvalue weighted by Crippen LogP contribution is 2.35. The third kappa shape index (κ3) is 7.42. The van der Waals surface area contributed by atoms with Gasteiger partial charge >= 0.3 is 0 Å². The number of halogens is 3. The van der Waals surface area contributed by atoms with E-state index in [-0.39, 0.29) is 68.6 Å². The fourth-order valence-electron chi connectivity index (χ4n) is 5.89. The van der Waals surface area contributed by atoms with Gasteiger partial charge < -0.3 is 10.1 Å². The number of methoxy groups -OCH3 is 1. The van der Waals surface area contributed by atoms with Gasteiger partial charge in [0.25, 0.3) is 5.56 Å². The number of aromatic nitrogens is 6. The number of amides is 1. The molecule has 6 aromatic rings. The van der Waals surface area contributed by atoms with Crippen molar-refractivity contribution in [2.75, 3.05) is 18.1 Å². The van der Waals surface area contributed by atoms with E-state index in [0.717, 1.165) is 30.1 Å². The molecule has 51 heavy (non-hydrogen) atoms. The molecule has 0 aliphatic heterocycles. The molecule has 1 atom stereocenters. The quantitative estimate of drug-likeness (QED) is 0.188. The van der Waals surface area contributed by atoms with Crippen LogP contribution in [0.2, 0.25) is 5.02 Å². The normalized spacial score (nSPS) is 12.5. The molecule has 0 radical (unpaired) electrons. The lowest BCUT2D eigenvalue weighted by Gasteiger charge is -2.24. The molecule has 0 spiro atoms.